The third kappa shape index (κ3) is 2.38. The summed E-state index contributed by atoms with van der Waals surface area (Å²) in [6.45, 7) is 2.90. The van der Waals surface area contributed by atoms with Crippen LogP contribution < -0.4 is 0 Å². The Morgan fingerprint density at radius 3 is 3.04 bits per heavy atom. The van der Waals surface area contributed by atoms with Crippen LogP contribution in [0.5, 0.6) is 0 Å². The zero-order valence-corrected chi connectivity index (χ0v) is 14.7. The zero-order chi connectivity index (χ0) is 16.8. The number of thiophene rings is 1. The van der Waals surface area contributed by atoms with Crippen molar-refractivity contribution in [1.29, 1.82) is 0 Å². The van der Waals surface area contributed by atoms with Crippen molar-refractivity contribution in [3.05, 3.63) is 35.1 Å². The smallest absolute Gasteiger partial charge is 0.259 e. The van der Waals surface area contributed by atoms with Gasteiger partial charge >= 0.3 is 0 Å². The van der Waals surface area contributed by atoms with E-state index in [0.29, 0.717) is 5.71 Å². The van der Waals surface area contributed by atoms with Gasteiger partial charge in [-0.3, -0.25) is 0 Å². The molecule has 4 aromatic heterocycles. The van der Waals surface area contributed by atoms with Gasteiger partial charge in [-0.15, -0.1) is 21.5 Å². The molecule has 0 spiro atoms. The molecule has 0 unspecified atom stereocenters. The van der Waals surface area contributed by atoms with Gasteiger partial charge in [0.05, 0.1) is 21.7 Å². The van der Waals surface area contributed by atoms with Crippen molar-refractivity contribution in [2.75, 3.05) is 0 Å². The molecule has 5 rings (SSSR count). The van der Waals surface area contributed by atoms with Crippen LogP contribution in [0.4, 0.5) is 0 Å². The molecule has 0 saturated heterocycles. The van der Waals surface area contributed by atoms with E-state index in [2.05, 4.69) is 42.4 Å². The summed E-state index contributed by atoms with van der Waals surface area (Å²) in [5.74, 6) is 1.97. The van der Waals surface area contributed by atoms with Gasteiger partial charge in [0.15, 0.2) is 5.82 Å². The van der Waals surface area contributed by atoms with Gasteiger partial charge in [-0.05, 0) is 37.3 Å². The highest BCUT2D eigenvalue weighted by Crippen LogP contribution is 2.35. The van der Waals surface area contributed by atoms with Gasteiger partial charge in [0.25, 0.3) is 5.71 Å². The molecule has 0 atom stereocenters. The maximum atomic E-state index is 5.48. The molecule has 1 aliphatic heterocycles. The van der Waals surface area contributed by atoms with E-state index in [1.54, 1.807) is 11.3 Å². The fraction of sp³-hybridized carbons (Fsp3) is 0.333. The standard InChI is InChI=1S/C18H17N5OS/c1-11-16-12(17-21-20-15-7-3-2-4-8-23(15)17)10-13(14-6-5-9-25-14)19-18(16)24-22-11/h5-6,9-10H,2-4,7-8H2,1H3. The maximum absolute atomic E-state index is 5.48. The van der Waals surface area contributed by atoms with E-state index in [-0.39, 0.29) is 0 Å². The molecule has 6 nitrogen and oxygen atoms in total. The molecule has 0 bridgehead atoms. The van der Waals surface area contributed by atoms with Crippen LogP contribution >= 0.6 is 11.3 Å². The average Bonchev–Trinajstić information content (AvgIpc) is 3.33. The normalized spacial score (nSPS) is 14.6. The van der Waals surface area contributed by atoms with E-state index in [1.165, 1.54) is 12.8 Å². The van der Waals surface area contributed by atoms with Crippen LogP contribution in [0.15, 0.2) is 28.1 Å². The molecular formula is C18H17N5OS. The van der Waals surface area contributed by atoms with Crippen LogP contribution in [0, 0.1) is 6.92 Å². The molecule has 0 saturated carbocycles. The van der Waals surface area contributed by atoms with E-state index in [4.69, 9.17) is 4.52 Å². The number of aromatic nitrogens is 5. The van der Waals surface area contributed by atoms with Gasteiger partial charge in [-0.25, -0.2) is 4.98 Å². The Hall–Kier alpha value is -2.54. The first kappa shape index (κ1) is 14.8. The molecule has 0 aromatic carbocycles. The molecule has 0 N–H and O–H groups in total. The highest BCUT2D eigenvalue weighted by molar-refractivity contribution is 7.13. The first-order chi connectivity index (χ1) is 12.3. The highest BCUT2D eigenvalue weighted by Gasteiger charge is 2.22. The lowest BCUT2D eigenvalue weighted by Crippen LogP contribution is -2.03. The fourth-order valence-corrected chi connectivity index (χ4v) is 4.19. The second kappa shape index (κ2) is 5.77. The summed E-state index contributed by atoms with van der Waals surface area (Å²) in [7, 11) is 0. The van der Waals surface area contributed by atoms with Crippen molar-refractivity contribution in [3.63, 3.8) is 0 Å². The topological polar surface area (TPSA) is 69.6 Å². The number of aryl methyl sites for hydroxylation is 2. The summed E-state index contributed by atoms with van der Waals surface area (Å²) in [5, 5.41) is 16.1. The van der Waals surface area contributed by atoms with Crippen molar-refractivity contribution >= 4 is 22.4 Å². The molecule has 0 radical (unpaired) electrons. The minimum absolute atomic E-state index is 0.560. The lowest BCUT2D eigenvalue weighted by Gasteiger charge is -2.09. The van der Waals surface area contributed by atoms with Crippen molar-refractivity contribution < 1.29 is 4.52 Å². The van der Waals surface area contributed by atoms with Crippen molar-refractivity contribution in [1.82, 2.24) is 24.9 Å². The van der Waals surface area contributed by atoms with Crippen LogP contribution in [0.2, 0.25) is 0 Å². The molecule has 1 aliphatic rings. The van der Waals surface area contributed by atoms with E-state index in [9.17, 15) is 0 Å². The summed E-state index contributed by atoms with van der Waals surface area (Å²) < 4.78 is 7.74. The molecule has 25 heavy (non-hydrogen) atoms. The van der Waals surface area contributed by atoms with Crippen LogP contribution in [0.1, 0.15) is 30.8 Å². The number of hydrogen-bond donors (Lipinski definition) is 0. The predicted molar refractivity (Wildman–Crippen MR) is 96.4 cm³/mol. The van der Waals surface area contributed by atoms with Gasteiger partial charge in [-0.1, -0.05) is 17.6 Å². The molecule has 126 valence electrons. The number of pyridine rings is 1. The van der Waals surface area contributed by atoms with Crippen molar-refractivity contribution in [2.24, 2.45) is 0 Å². The molecule has 7 heteroatoms. The van der Waals surface area contributed by atoms with Gasteiger partial charge in [0.1, 0.15) is 5.82 Å². The monoisotopic (exact) mass is 351 g/mol. The lowest BCUT2D eigenvalue weighted by molar-refractivity contribution is 0.443. The number of nitrogens with zero attached hydrogens (tertiary/aromatic N) is 5. The minimum atomic E-state index is 0.560. The lowest BCUT2D eigenvalue weighted by atomic mass is 10.1. The predicted octanol–water partition coefficient (Wildman–Crippen LogP) is 4.24. The largest absolute Gasteiger partial charge is 0.336 e. The fourth-order valence-electron chi connectivity index (χ4n) is 3.51. The number of hydrogen-bond acceptors (Lipinski definition) is 6. The van der Waals surface area contributed by atoms with Crippen molar-refractivity contribution in [2.45, 2.75) is 39.2 Å². The average molecular weight is 351 g/mol. The second-order valence-electron chi connectivity index (χ2n) is 6.38. The van der Waals surface area contributed by atoms with E-state index in [1.807, 2.05) is 13.0 Å². The Kier molecular flexibility index (Phi) is 3.41. The molecule has 0 amide bonds. The van der Waals surface area contributed by atoms with Crippen LogP contribution in [0.25, 0.3) is 33.1 Å². The summed E-state index contributed by atoms with van der Waals surface area (Å²) >= 11 is 1.66. The second-order valence-corrected chi connectivity index (χ2v) is 7.33. The SMILES string of the molecule is Cc1noc2nc(-c3cccs3)cc(-c3nnc4n3CCCCC4)c12. The van der Waals surface area contributed by atoms with E-state index >= 15 is 0 Å². The molecule has 0 fully saturated rings. The van der Waals surface area contributed by atoms with Gasteiger partial charge < -0.3 is 9.09 Å². The van der Waals surface area contributed by atoms with Crippen LogP contribution in [0.3, 0.4) is 0 Å². The molecular weight excluding hydrogens is 334 g/mol. The summed E-state index contributed by atoms with van der Waals surface area (Å²) in [6.07, 6.45) is 4.56. The summed E-state index contributed by atoms with van der Waals surface area (Å²) in [5.41, 5.74) is 3.29. The quantitative estimate of drug-likeness (QED) is 0.540. The third-order valence-electron chi connectivity index (χ3n) is 4.74. The highest BCUT2D eigenvalue weighted by atomic mass is 32.1. The first-order valence-electron chi connectivity index (χ1n) is 8.54. The van der Waals surface area contributed by atoms with E-state index in [0.717, 1.165) is 58.2 Å². The Labute approximate surface area is 148 Å². The van der Waals surface area contributed by atoms with Crippen LogP contribution in [-0.4, -0.2) is 24.9 Å². The summed E-state index contributed by atoms with van der Waals surface area (Å²) in [4.78, 5) is 5.77. The van der Waals surface area contributed by atoms with Gasteiger partial charge in [-0.2, -0.15) is 0 Å². The van der Waals surface area contributed by atoms with Crippen molar-refractivity contribution in [3.8, 4) is 22.0 Å². The Bertz CT molecular complexity index is 1050. The van der Waals surface area contributed by atoms with Crippen LogP contribution in [-0.2, 0) is 13.0 Å². The Balaban J connectivity index is 1.78. The van der Waals surface area contributed by atoms with Gasteiger partial charge in [0.2, 0.25) is 0 Å². The zero-order valence-electron chi connectivity index (χ0n) is 13.9. The minimum Gasteiger partial charge on any atom is -0.336 e. The Morgan fingerprint density at radius 2 is 2.16 bits per heavy atom. The van der Waals surface area contributed by atoms with E-state index < -0.39 is 0 Å². The molecule has 5 heterocycles. The number of rotatable bonds is 2. The Morgan fingerprint density at radius 1 is 1.20 bits per heavy atom. The first-order valence-corrected chi connectivity index (χ1v) is 9.42. The molecule has 4 aromatic rings. The maximum Gasteiger partial charge on any atom is 0.259 e. The third-order valence-corrected chi connectivity index (χ3v) is 5.63. The number of fused-ring (bicyclic) bond motifs is 2. The van der Waals surface area contributed by atoms with Gasteiger partial charge in [0, 0.05) is 18.5 Å². The molecule has 0 aliphatic carbocycles. The summed E-state index contributed by atoms with van der Waals surface area (Å²) in [6, 6.07) is 6.19.